The molecular weight excluding hydrogens is 512 g/mol. The van der Waals surface area contributed by atoms with E-state index in [9.17, 15) is 9.59 Å². The maximum atomic E-state index is 13.5. The second-order valence-corrected chi connectivity index (χ2v) is 11.3. The molecule has 1 atom stereocenters. The quantitative estimate of drug-likeness (QED) is 0.359. The highest BCUT2D eigenvalue weighted by Crippen LogP contribution is 2.51. The molecule has 5 heterocycles. The number of nitrogens with one attached hydrogen (secondary N) is 1. The zero-order valence-electron chi connectivity index (χ0n) is 22.0. The first-order valence-corrected chi connectivity index (χ1v) is 13.8. The van der Waals surface area contributed by atoms with Crippen molar-refractivity contribution in [1.82, 2.24) is 25.1 Å². The molecule has 1 N–H and O–H groups in total. The van der Waals surface area contributed by atoms with Gasteiger partial charge in [-0.1, -0.05) is 49.4 Å². The van der Waals surface area contributed by atoms with Crippen LogP contribution in [0.15, 0.2) is 54.0 Å². The van der Waals surface area contributed by atoms with Crippen molar-refractivity contribution in [2.45, 2.75) is 39.5 Å². The number of likely N-dealkylation sites (tertiary alicyclic amines) is 1. The number of hydrogen-bond acceptors (Lipinski definition) is 8. The highest BCUT2D eigenvalue weighted by Gasteiger charge is 2.45. The normalized spacial score (nSPS) is 16.3. The van der Waals surface area contributed by atoms with Crippen LogP contribution < -0.4 is 10.1 Å². The van der Waals surface area contributed by atoms with Crippen LogP contribution in [0.5, 0.6) is 11.8 Å². The van der Waals surface area contributed by atoms with E-state index in [4.69, 9.17) is 9.72 Å². The number of aromatic nitrogens is 4. The summed E-state index contributed by atoms with van der Waals surface area (Å²) in [4.78, 5) is 37.6. The van der Waals surface area contributed by atoms with Crippen LogP contribution in [0.25, 0.3) is 11.3 Å². The van der Waals surface area contributed by atoms with Crippen molar-refractivity contribution < 1.29 is 14.3 Å². The maximum absolute atomic E-state index is 13.5. The fraction of sp³-hybridized carbons (Fsp3) is 0.310. The van der Waals surface area contributed by atoms with Crippen LogP contribution >= 0.6 is 11.3 Å². The van der Waals surface area contributed by atoms with Gasteiger partial charge in [0, 0.05) is 47.0 Å². The Morgan fingerprint density at radius 3 is 2.36 bits per heavy atom. The standard InChI is InChI=1S/C29H28N6O3S/c1-17-6-11-20-23(29(2,3)27(37)33-28-34-30-16-39-28)21-12-13-22(32-25(21)38-24(20)31-17)18-7-9-19(10-8-18)26(36)35-14-4-5-15-35/h6-13,16,23H,4-5,14-15H2,1-3H3,(H,33,34,37)/t23-/m0/s1. The summed E-state index contributed by atoms with van der Waals surface area (Å²) in [5, 5.41) is 11.1. The van der Waals surface area contributed by atoms with Crippen molar-refractivity contribution in [2.75, 3.05) is 18.4 Å². The van der Waals surface area contributed by atoms with Crippen molar-refractivity contribution in [3.8, 4) is 23.0 Å². The molecule has 10 heteroatoms. The summed E-state index contributed by atoms with van der Waals surface area (Å²) in [6.07, 6.45) is 2.12. The highest BCUT2D eigenvalue weighted by molar-refractivity contribution is 7.13. The van der Waals surface area contributed by atoms with E-state index >= 15 is 0 Å². The third-order valence-electron chi connectivity index (χ3n) is 7.44. The van der Waals surface area contributed by atoms with E-state index < -0.39 is 5.41 Å². The van der Waals surface area contributed by atoms with E-state index in [1.165, 1.54) is 11.3 Å². The predicted octanol–water partition coefficient (Wildman–Crippen LogP) is 5.44. The van der Waals surface area contributed by atoms with E-state index in [0.29, 0.717) is 28.1 Å². The first-order chi connectivity index (χ1) is 18.8. The Morgan fingerprint density at radius 1 is 0.974 bits per heavy atom. The lowest BCUT2D eigenvalue weighted by Gasteiger charge is -2.37. The van der Waals surface area contributed by atoms with E-state index in [1.54, 1.807) is 5.51 Å². The number of hydrogen-bond donors (Lipinski definition) is 1. The lowest BCUT2D eigenvalue weighted by molar-refractivity contribution is -0.124. The van der Waals surface area contributed by atoms with Gasteiger partial charge in [-0.3, -0.25) is 9.59 Å². The molecule has 0 aliphatic carbocycles. The minimum atomic E-state index is -0.892. The lowest BCUT2D eigenvalue weighted by Crippen LogP contribution is -2.38. The largest absolute Gasteiger partial charge is 0.420 e. The number of nitrogens with zero attached hydrogens (tertiary/aromatic N) is 5. The molecule has 2 aliphatic rings. The molecule has 0 unspecified atom stereocenters. The Hall–Kier alpha value is -4.18. The molecule has 1 fully saturated rings. The van der Waals surface area contributed by atoms with Gasteiger partial charge in [-0.2, -0.15) is 0 Å². The Balaban J connectivity index is 1.35. The number of fused-ring (bicyclic) bond motifs is 2. The SMILES string of the molecule is Cc1ccc2c(n1)Oc1nc(-c3ccc(C(=O)N4CCCC4)cc3)ccc1[C@H]2C(C)(C)C(=O)Nc1nncs1. The van der Waals surface area contributed by atoms with E-state index in [2.05, 4.69) is 20.5 Å². The van der Waals surface area contributed by atoms with Crippen LogP contribution in [0, 0.1) is 12.3 Å². The van der Waals surface area contributed by atoms with Gasteiger partial charge in [0.05, 0.1) is 11.1 Å². The van der Waals surface area contributed by atoms with E-state index in [-0.39, 0.29) is 17.7 Å². The van der Waals surface area contributed by atoms with Crippen LogP contribution in [-0.4, -0.2) is 50.0 Å². The van der Waals surface area contributed by atoms with Crippen molar-refractivity contribution in [2.24, 2.45) is 5.41 Å². The Morgan fingerprint density at radius 2 is 1.67 bits per heavy atom. The monoisotopic (exact) mass is 540 g/mol. The van der Waals surface area contributed by atoms with Crippen molar-refractivity contribution in [3.05, 3.63) is 76.4 Å². The number of ether oxygens (including phenoxy) is 1. The molecule has 0 spiro atoms. The van der Waals surface area contributed by atoms with Gasteiger partial charge >= 0.3 is 0 Å². The number of rotatable bonds is 5. The molecular formula is C29H28N6O3S. The zero-order valence-corrected chi connectivity index (χ0v) is 22.8. The number of pyridine rings is 2. The number of carbonyl (C=O) groups excluding carboxylic acids is 2. The van der Waals surface area contributed by atoms with E-state index in [1.807, 2.05) is 74.2 Å². The number of anilines is 1. The second kappa shape index (κ2) is 9.85. The van der Waals surface area contributed by atoms with Gasteiger partial charge in [0.2, 0.25) is 22.8 Å². The van der Waals surface area contributed by atoms with Gasteiger partial charge in [-0.15, -0.1) is 10.2 Å². The van der Waals surface area contributed by atoms with Crippen molar-refractivity contribution >= 4 is 28.3 Å². The minimum Gasteiger partial charge on any atom is -0.420 e. The number of benzene rings is 1. The molecule has 198 valence electrons. The number of aryl methyl sites for hydroxylation is 1. The first kappa shape index (κ1) is 25.1. The van der Waals surface area contributed by atoms with Gasteiger partial charge in [-0.25, -0.2) is 9.97 Å². The number of amides is 2. The lowest BCUT2D eigenvalue weighted by atomic mass is 9.70. The molecule has 39 heavy (non-hydrogen) atoms. The molecule has 9 nitrogen and oxygen atoms in total. The topological polar surface area (TPSA) is 110 Å². The minimum absolute atomic E-state index is 0.0655. The summed E-state index contributed by atoms with van der Waals surface area (Å²) in [5.41, 5.74) is 5.37. The van der Waals surface area contributed by atoms with Crippen LogP contribution in [0.1, 0.15) is 59.8 Å². The van der Waals surface area contributed by atoms with E-state index in [0.717, 1.165) is 48.3 Å². The van der Waals surface area contributed by atoms with Crippen molar-refractivity contribution in [3.63, 3.8) is 0 Å². The van der Waals surface area contributed by atoms with Gasteiger partial charge in [0.25, 0.3) is 5.91 Å². The van der Waals surface area contributed by atoms with Crippen molar-refractivity contribution in [1.29, 1.82) is 0 Å². The molecule has 0 radical (unpaired) electrons. The van der Waals surface area contributed by atoms with Gasteiger partial charge in [0.1, 0.15) is 5.51 Å². The molecule has 0 bridgehead atoms. The van der Waals surface area contributed by atoms with Gasteiger partial charge in [-0.05, 0) is 44.0 Å². The summed E-state index contributed by atoms with van der Waals surface area (Å²) < 4.78 is 6.23. The third kappa shape index (κ3) is 4.65. The van der Waals surface area contributed by atoms with Gasteiger partial charge < -0.3 is 15.0 Å². The predicted molar refractivity (Wildman–Crippen MR) is 148 cm³/mol. The van der Waals surface area contributed by atoms with Crippen LogP contribution in [-0.2, 0) is 4.79 Å². The summed E-state index contributed by atoms with van der Waals surface area (Å²) in [6, 6.07) is 15.3. The van der Waals surface area contributed by atoms with Crippen LogP contribution in [0.4, 0.5) is 5.13 Å². The third-order valence-corrected chi connectivity index (χ3v) is 8.05. The average molecular weight is 541 g/mol. The van der Waals surface area contributed by atoms with Crippen LogP contribution in [0.2, 0.25) is 0 Å². The molecule has 3 aromatic heterocycles. The number of carbonyl (C=O) groups is 2. The highest BCUT2D eigenvalue weighted by atomic mass is 32.1. The summed E-state index contributed by atoms with van der Waals surface area (Å²) in [7, 11) is 0. The Bertz CT molecular complexity index is 1550. The summed E-state index contributed by atoms with van der Waals surface area (Å²) in [6.45, 7) is 7.33. The average Bonchev–Trinajstić information content (AvgIpc) is 3.66. The molecule has 0 saturated carbocycles. The molecule has 1 saturated heterocycles. The van der Waals surface area contributed by atoms with Gasteiger partial charge in [0.15, 0.2) is 0 Å². The van der Waals surface area contributed by atoms with Crippen LogP contribution in [0.3, 0.4) is 0 Å². The summed E-state index contributed by atoms with van der Waals surface area (Å²) in [5.74, 6) is 0.374. The smallest absolute Gasteiger partial charge is 0.253 e. The Labute approximate surface area is 230 Å². The second-order valence-electron chi connectivity index (χ2n) is 10.5. The first-order valence-electron chi connectivity index (χ1n) is 12.9. The molecule has 6 rings (SSSR count). The maximum Gasteiger partial charge on any atom is 0.253 e. The molecule has 2 amide bonds. The fourth-order valence-corrected chi connectivity index (χ4v) is 5.74. The Kier molecular flexibility index (Phi) is 6.34. The zero-order chi connectivity index (χ0) is 27.1. The molecule has 1 aromatic carbocycles. The summed E-state index contributed by atoms with van der Waals surface area (Å²) >= 11 is 1.27. The fourth-order valence-electron chi connectivity index (χ4n) is 5.30. The molecule has 2 aliphatic heterocycles. The molecule has 4 aromatic rings.